The zero-order chi connectivity index (χ0) is 18.4. The van der Waals surface area contributed by atoms with Gasteiger partial charge < -0.3 is 4.90 Å². The standard InChI is InChI=1S/C22H24N2OS/c1-3-17(2)24(15-19-12-8-5-9-13-19)22(25)20-16-26-21(23-20)14-18-10-6-4-7-11-18/h4-13,16-17H,3,14-15H2,1-2H3. The van der Waals surface area contributed by atoms with E-state index in [2.05, 4.69) is 43.1 Å². The molecular weight excluding hydrogens is 340 g/mol. The summed E-state index contributed by atoms with van der Waals surface area (Å²) in [6.07, 6.45) is 1.68. The van der Waals surface area contributed by atoms with Gasteiger partial charge in [0, 0.05) is 24.4 Å². The van der Waals surface area contributed by atoms with Gasteiger partial charge in [-0.15, -0.1) is 11.3 Å². The summed E-state index contributed by atoms with van der Waals surface area (Å²) < 4.78 is 0. The van der Waals surface area contributed by atoms with Crippen molar-refractivity contribution in [2.24, 2.45) is 0 Å². The van der Waals surface area contributed by atoms with Crippen molar-refractivity contribution in [1.82, 2.24) is 9.88 Å². The topological polar surface area (TPSA) is 33.2 Å². The zero-order valence-electron chi connectivity index (χ0n) is 15.3. The van der Waals surface area contributed by atoms with Crippen molar-refractivity contribution in [1.29, 1.82) is 0 Å². The van der Waals surface area contributed by atoms with Crippen molar-refractivity contribution in [3.8, 4) is 0 Å². The van der Waals surface area contributed by atoms with Crippen LogP contribution in [-0.2, 0) is 13.0 Å². The van der Waals surface area contributed by atoms with Crippen LogP contribution in [0.3, 0.4) is 0 Å². The summed E-state index contributed by atoms with van der Waals surface area (Å²) in [7, 11) is 0. The summed E-state index contributed by atoms with van der Waals surface area (Å²) in [5.74, 6) is 0.0127. The number of carbonyl (C=O) groups excluding carboxylic acids is 1. The lowest BCUT2D eigenvalue weighted by Gasteiger charge is -2.28. The molecule has 0 saturated carbocycles. The molecule has 1 amide bonds. The molecule has 0 radical (unpaired) electrons. The summed E-state index contributed by atoms with van der Waals surface area (Å²) in [6.45, 7) is 4.82. The molecule has 1 aromatic heterocycles. The van der Waals surface area contributed by atoms with Crippen molar-refractivity contribution in [2.45, 2.75) is 39.3 Å². The van der Waals surface area contributed by atoms with Crippen molar-refractivity contribution in [3.05, 3.63) is 87.9 Å². The Morgan fingerprint density at radius 1 is 1.04 bits per heavy atom. The zero-order valence-corrected chi connectivity index (χ0v) is 16.1. The Labute approximate surface area is 159 Å². The number of nitrogens with zero attached hydrogens (tertiary/aromatic N) is 2. The van der Waals surface area contributed by atoms with Crippen molar-refractivity contribution in [2.75, 3.05) is 0 Å². The van der Waals surface area contributed by atoms with Gasteiger partial charge in [0.15, 0.2) is 0 Å². The lowest BCUT2D eigenvalue weighted by Crippen LogP contribution is -2.38. The van der Waals surface area contributed by atoms with E-state index in [1.807, 2.05) is 46.7 Å². The molecule has 1 heterocycles. The van der Waals surface area contributed by atoms with Gasteiger partial charge in [0.25, 0.3) is 5.91 Å². The van der Waals surface area contributed by atoms with Crippen molar-refractivity contribution >= 4 is 17.2 Å². The van der Waals surface area contributed by atoms with Crippen LogP contribution in [0.1, 0.15) is 46.9 Å². The number of aromatic nitrogens is 1. The second-order valence-corrected chi connectivity index (χ2v) is 7.41. The number of amides is 1. The molecule has 0 bridgehead atoms. The summed E-state index contributed by atoms with van der Waals surface area (Å²) in [5.41, 5.74) is 2.90. The van der Waals surface area contributed by atoms with Crippen molar-refractivity contribution in [3.63, 3.8) is 0 Å². The Kier molecular flexibility index (Phi) is 6.18. The molecule has 3 aromatic rings. The average Bonchev–Trinajstić information content (AvgIpc) is 3.15. The van der Waals surface area contributed by atoms with E-state index in [-0.39, 0.29) is 11.9 Å². The van der Waals surface area contributed by atoms with E-state index < -0.39 is 0 Å². The number of benzene rings is 2. The Morgan fingerprint density at radius 2 is 1.65 bits per heavy atom. The third kappa shape index (κ3) is 4.58. The van der Waals surface area contributed by atoms with E-state index in [9.17, 15) is 4.79 Å². The van der Waals surface area contributed by atoms with Crippen LogP contribution in [0.15, 0.2) is 66.0 Å². The molecule has 26 heavy (non-hydrogen) atoms. The monoisotopic (exact) mass is 364 g/mol. The maximum atomic E-state index is 13.1. The fourth-order valence-corrected chi connectivity index (χ4v) is 3.64. The first-order valence-electron chi connectivity index (χ1n) is 9.00. The number of hydrogen-bond donors (Lipinski definition) is 0. The highest BCUT2D eigenvalue weighted by molar-refractivity contribution is 7.09. The molecular formula is C22H24N2OS. The summed E-state index contributed by atoms with van der Waals surface area (Å²) in [4.78, 5) is 19.6. The van der Waals surface area contributed by atoms with Crippen LogP contribution in [-0.4, -0.2) is 21.8 Å². The summed E-state index contributed by atoms with van der Waals surface area (Å²) in [5, 5.41) is 2.87. The molecule has 134 valence electrons. The average molecular weight is 365 g/mol. The van der Waals surface area contributed by atoms with Crippen molar-refractivity contribution < 1.29 is 4.79 Å². The fourth-order valence-electron chi connectivity index (χ4n) is 2.84. The normalized spacial score (nSPS) is 11.9. The number of thiazole rings is 1. The van der Waals surface area contributed by atoms with E-state index in [1.54, 1.807) is 11.3 Å². The van der Waals surface area contributed by atoms with E-state index in [4.69, 9.17) is 0 Å². The summed E-state index contributed by atoms with van der Waals surface area (Å²) in [6, 6.07) is 20.5. The molecule has 0 spiro atoms. The van der Waals surface area contributed by atoms with E-state index in [0.717, 1.165) is 23.4 Å². The molecule has 0 N–H and O–H groups in total. The molecule has 4 heteroatoms. The second kappa shape index (κ2) is 8.77. The molecule has 3 rings (SSSR count). The molecule has 0 aliphatic carbocycles. The first-order chi connectivity index (χ1) is 12.7. The third-order valence-corrected chi connectivity index (χ3v) is 5.40. The van der Waals surface area contributed by atoms with Gasteiger partial charge in [-0.2, -0.15) is 0 Å². The second-order valence-electron chi connectivity index (χ2n) is 6.46. The highest BCUT2D eigenvalue weighted by Crippen LogP contribution is 2.19. The molecule has 1 unspecified atom stereocenters. The Bertz CT molecular complexity index is 830. The van der Waals surface area contributed by atoms with Crippen LogP contribution in [0.25, 0.3) is 0 Å². The van der Waals surface area contributed by atoms with Gasteiger partial charge in [0.1, 0.15) is 5.69 Å². The highest BCUT2D eigenvalue weighted by atomic mass is 32.1. The van der Waals surface area contributed by atoms with Gasteiger partial charge in [0.05, 0.1) is 5.01 Å². The SMILES string of the molecule is CCC(C)N(Cc1ccccc1)C(=O)c1csc(Cc2ccccc2)n1. The van der Waals surface area contributed by atoms with Crippen LogP contribution >= 0.6 is 11.3 Å². The summed E-state index contributed by atoms with van der Waals surface area (Å²) >= 11 is 1.56. The molecule has 2 aromatic carbocycles. The van der Waals surface area contributed by atoms with E-state index in [0.29, 0.717) is 12.2 Å². The lowest BCUT2D eigenvalue weighted by atomic mass is 10.1. The van der Waals surface area contributed by atoms with Crippen LogP contribution in [0.2, 0.25) is 0 Å². The maximum absolute atomic E-state index is 13.1. The quantitative estimate of drug-likeness (QED) is 0.579. The van der Waals surface area contributed by atoms with Crippen LogP contribution < -0.4 is 0 Å². The molecule has 1 atom stereocenters. The number of hydrogen-bond acceptors (Lipinski definition) is 3. The lowest BCUT2D eigenvalue weighted by molar-refractivity contribution is 0.0666. The Morgan fingerprint density at radius 3 is 2.27 bits per heavy atom. The minimum atomic E-state index is 0.0127. The van der Waals surface area contributed by atoms with Gasteiger partial charge in [-0.05, 0) is 24.5 Å². The van der Waals surface area contributed by atoms with Gasteiger partial charge in [-0.25, -0.2) is 4.98 Å². The highest BCUT2D eigenvalue weighted by Gasteiger charge is 2.23. The number of carbonyl (C=O) groups is 1. The fraction of sp³-hybridized carbons (Fsp3) is 0.273. The Balaban J connectivity index is 1.76. The third-order valence-electron chi connectivity index (χ3n) is 4.55. The van der Waals surface area contributed by atoms with Gasteiger partial charge in [-0.1, -0.05) is 67.6 Å². The Hall–Kier alpha value is -2.46. The smallest absolute Gasteiger partial charge is 0.273 e. The van der Waals surface area contributed by atoms with E-state index in [1.165, 1.54) is 5.56 Å². The van der Waals surface area contributed by atoms with Gasteiger partial charge in [0.2, 0.25) is 0 Å². The van der Waals surface area contributed by atoms with Gasteiger partial charge >= 0.3 is 0 Å². The molecule has 3 nitrogen and oxygen atoms in total. The van der Waals surface area contributed by atoms with Crippen LogP contribution in [0.5, 0.6) is 0 Å². The largest absolute Gasteiger partial charge is 0.330 e. The van der Waals surface area contributed by atoms with Gasteiger partial charge in [-0.3, -0.25) is 4.79 Å². The number of rotatable bonds is 7. The minimum absolute atomic E-state index is 0.0127. The first kappa shape index (κ1) is 18.3. The maximum Gasteiger partial charge on any atom is 0.273 e. The molecule has 0 aliphatic rings. The molecule has 0 fully saturated rings. The molecule has 0 aliphatic heterocycles. The predicted molar refractivity (Wildman–Crippen MR) is 107 cm³/mol. The first-order valence-corrected chi connectivity index (χ1v) is 9.88. The molecule has 0 saturated heterocycles. The predicted octanol–water partition coefficient (Wildman–Crippen LogP) is 5.17. The van der Waals surface area contributed by atoms with E-state index >= 15 is 0 Å². The van der Waals surface area contributed by atoms with Crippen LogP contribution in [0.4, 0.5) is 0 Å². The van der Waals surface area contributed by atoms with Crippen LogP contribution in [0, 0.1) is 0 Å². The minimum Gasteiger partial charge on any atom is -0.330 e.